The van der Waals surface area contributed by atoms with E-state index in [1.807, 2.05) is 30.7 Å². The van der Waals surface area contributed by atoms with Crippen LogP contribution in [0, 0.1) is 24.0 Å². The summed E-state index contributed by atoms with van der Waals surface area (Å²) in [4.78, 5) is 23.6. The molecular weight excluding hydrogens is 401 g/mol. The third-order valence-electron chi connectivity index (χ3n) is 4.35. The van der Waals surface area contributed by atoms with E-state index in [0.717, 1.165) is 17.0 Å². The lowest BCUT2D eigenvalue weighted by Crippen LogP contribution is -2.41. The van der Waals surface area contributed by atoms with E-state index in [1.54, 1.807) is 23.2 Å². The maximum Gasteiger partial charge on any atom is 0.273 e. The third kappa shape index (κ3) is 4.03. The number of nitro groups is 1. The maximum atomic E-state index is 13.3. The molecule has 144 valence electrons. The molecule has 0 unspecified atom stereocenters. The second kappa shape index (κ2) is 8.04. The minimum absolute atomic E-state index is 0.0686. The van der Waals surface area contributed by atoms with Gasteiger partial charge in [0.25, 0.3) is 11.6 Å². The molecule has 0 aliphatic carbocycles. The second-order valence-corrected chi connectivity index (χ2v) is 7.16. The van der Waals surface area contributed by atoms with Crippen molar-refractivity contribution in [3.63, 3.8) is 0 Å². The van der Waals surface area contributed by atoms with Gasteiger partial charge in [0.2, 0.25) is 0 Å². The van der Waals surface area contributed by atoms with E-state index in [1.165, 1.54) is 24.3 Å². The zero-order chi connectivity index (χ0) is 20.4. The minimum atomic E-state index is -0.498. The Labute approximate surface area is 172 Å². The molecule has 0 atom stereocenters. The van der Waals surface area contributed by atoms with Crippen molar-refractivity contribution in [2.24, 2.45) is 0 Å². The number of benzene rings is 2. The van der Waals surface area contributed by atoms with Gasteiger partial charge in [0.15, 0.2) is 0 Å². The third-order valence-corrected chi connectivity index (χ3v) is 5.09. The lowest BCUT2D eigenvalue weighted by Gasteiger charge is -2.27. The van der Waals surface area contributed by atoms with Crippen LogP contribution in [0.25, 0.3) is 0 Å². The van der Waals surface area contributed by atoms with Crippen LogP contribution in [0.2, 0.25) is 10.0 Å². The molecule has 28 heavy (non-hydrogen) atoms. The smallest absolute Gasteiger partial charge is 0.267 e. The first-order valence-electron chi connectivity index (χ1n) is 8.43. The van der Waals surface area contributed by atoms with Crippen LogP contribution in [0.15, 0.2) is 54.6 Å². The lowest BCUT2D eigenvalue weighted by atomic mass is 10.1. The Balaban J connectivity index is 2.01. The summed E-state index contributed by atoms with van der Waals surface area (Å²) in [7, 11) is 0. The number of carbonyl (C=O) groups excluding carboxylic acids is 1. The summed E-state index contributed by atoms with van der Waals surface area (Å²) in [5, 5.41) is 13.3. The molecular formula is C20H17Cl2N3O3. The van der Waals surface area contributed by atoms with Gasteiger partial charge in [-0.05, 0) is 55.8 Å². The summed E-state index contributed by atoms with van der Waals surface area (Å²) in [6, 6.07) is 14.6. The van der Waals surface area contributed by atoms with E-state index >= 15 is 0 Å². The molecule has 3 aromatic rings. The van der Waals surface area contributed by atoms with Gasteiger partial charge in [0.1, 0.15) is 0 Å². The summed E-state index contributed by atoms with van der Waals surface area (Å²) in [5.74, 6) is -0.289. The van der Waals surface area contributed by atoms with Crippen molar-refractivity contribution < 1.29 is 9.72 Å². The zero-order valence-corrected chi connectivity index (χ0v) is 16.7. The van der Waals surface area contributed by atoms with E-state index in [2.05, 4.69) is 0 Å². The molecule has 0 aliphatic rings. The summed E-state index contributed by atoms with van der Waals surface area (Å²) in [6.07, 6.45) is 0. The van der Waals surface area contributed by atoms with Gasteiger partial charge in [-0.3, -0.25) is 19.6 Å². The predicted molar refractivity (Wildman–Crippen MR) is 110 cm³/mol. The topological polar surface area (TPSA) is 68.4 Å². The molecule has 1 aromatic heterocycles. The van der Waals surface area contributed by atoms with E-state index < -0.39 is 4.92 Å². The van der Waals surface area contributed by atoms with E-state index in [9.17, 15) is 14.9 Å². The number of carbonyl (C=O) groups is 1. The van der Waals surface area contributed by atoms with Crippen LogP contribution < -0.4 is 5.01 Å². The van der Waals surface area contributed by atoms with Crippen LogP contribution in [0.5, 0.6) is 0 Å². The number of rotatable bonds is 5. The van der Waals surface area contributed by atoms with Crippen molar-refractivity contribution in [1.82, 2.24) is 4.68 Å². The lowest BCUT2D eigenvalue weighted by molar-refractivity contribution is -0.384. The monoisotopic (exact) mass is 417 g/mol. The van der Waals surface area contributed by atoms with Crippen LogP contribution in [-0.4, -0.2) is 15.5 Å². The van der Waals surface area contributed by atoms with Gasteiger partial charge in [-0.1, -0.05) is 29.3 Å². The normalized spacial score (nSPS) is 10.7. The summed E-state index contributed by atoms with van der Waals surface area (Å²) >= 11 is 12.1. The van der Waals surface area contributed by atoms with Crippen molar-refractivity contribution in [3.05, 3.63) is 97.3 Å². The number of aryl methyl sites for hydroxylation is 2. The van der Waals surface area contributed by atoms with Gasteiger partial charge < -0.3 is 0 Å². The average Bonchev–Trinajstić information content (AvgIpc) is 3.00. The highest BCUT2D eigenvalue weighted by atomic mass is 35.5. The van der Waals surface area contributed by atoms with Crippen molar-refractivity contribution in [2.45, 2.75) is 20.4 Å². The van der Waals surface area contributed by atoms with Crippen LogP contribution in [0.4, 0.5) is 5.69 Å². The number of non-ortho nitro benzene ring substituents is 1. The summed E-state index contributed by atoms with van der Waals surface area (Å²) in [5.41, 5.74) is 2.84. The van der Waals surface area contributed by atoms with E-state index in [4.69, 9.17) is 23.2 Å². The highest BCUT2D eigenvalue weighted by molar-refractivity contribution is 6.42. The fraction of sp³-hybridized carbons (Fsp3) is 0.150. The Hall–Kier alpha value is -2.83. The molecule has 0 saturated heterocycles. The molecule has 8 heteroatoms. The Morgan fingerprint density at radius 2 is 1.61 bits per heavy atom. The maximum absolute atomic E-state index is 13.3. The number of nitrogens with zero attached hydrogens (tertiary/aromatic N) is 3. The zero-order valence-electron chi connectivity index (χ0n) is 15.2. The van der Waals surface area contributed by atoms with Crippen molar-refractivity contribution in [2.75, 3.05) is 5.01 Å². The number of hydrogen-bond acceptors (Lipinski definition) is 3. The second-order valence-electron chi connectivity index (χ2n) is 6.34. The largest absolute Gasteiger partial charge is 0.273 e. The van der Waals surface area contributed by atoms with Gasteiger partial charge in [-0.2, -0.15) is 0 Å². The van der Waals surface area contributed by atoms with Crippen LogP contribution in [0.3, 0.4) is 0 Å². The molecule has 0 bridgehead atoms. The minimum Gasteiger partial charge on any atom is -0.267 e. The summed E-state index contributed by atoms with van der Waals surface area (Å²) in [6.45, 7) is 4.05. The van der Waals surface area contributed by atoms with Crippen molar-refractivity contribution in [3.8, 4) is 0 Å². The van der Waals surface area contributed by atoms with Gasteiger partial charge in [0.05, 0.1) is 21.5 Å². The molecule has 0 fully saturated rings. The first-order valence-corrected chi connectivity index (χ1v) is 9.19. The van der Waals surface area contributed by atoms with Crippen molar-refractivity contribution >= 4 is 34.8 Å². The van der Waals surface area contributed by atoms with Crippen LogP contribution >= 0.6 is 23.2 Å². The number of nitro benzene ring substituents is 1. The number of amides is 1. The SMILES string of the molecule is Cc1ccc(C)n1N(Cc1ccc(Cl)c(Cl)c1)C(=O)c1ccc([N+](=O)[O-])cc1. The molecule has 0 radical (unpaired) electrons. The van der Waals surface area contributed by atoms with Gasteiger partial charge in [-0.25, -0.2) is 5.01 Å². The molecule has 2 aromatic carbocycles. The standard InChI is InChI=1S/C20H17Cl2N3O3/c1-13-3-4-14(2)24(13)23(12-15-5-10-18(21)19(22)11-15)20(26)16-6-8-17(9-7-16)25(27)28/h3-11H,12H2,1-2H3. The molecule has 0 N–H and O–H groups in total. The molecule has 1 heterocycles. The van der Waals surface area contributed by atoms with Gasteiger partial charge in [0, 0.05) is 29.1 Å². The Morgan fingerprint density at radius 1 is 1.00 bits per heavy atom. The number of hydrogen-bond donors (Lipinski definition) is 0. The molecule has 0 saturated carbocycles. The Bertz CT molecular complexity index is 1030. The molecule has 1 amide bonds. The summed E-state index contributed by atoms with van der Waals surface area (Å²) < 4.78 is 1.81. The average molecular weight is 418 g/mol. The van der Waals surface area contributed by atoms with Gasteiger partial charge in [-0.15, -0.1) is 0 Å². The fourth-order valence-corrected chi connectivity index (χ4v) is 3.28. The number of aromatic nitrogens is 1. The first kappa shape index (κ1) is 19.9. The predicted octanol–water partition coefficient (Wildman–Crippen LogP) is 5.30. The molecule has 6 nitrogen and oxygen atoms in total. The van der Waals surface area contributed by atoms with Crippen molar-refractivity contribution in [1.29, 1.82) is 0 Å². The quantitative estimate of drug-likeness (QED) is 0.417. The molecule has 0 spiro atoms. The van der Waals surface area contributed by atoms with E-state index in [-0.39, 0.29) is 18.1 Å². The first-order chi connectivity index (χ1) is 13.3. The fourth-order valence-electron chi connectivity index (χ4n) is 2.96. The Morgan fingerprint density at radius 3 is 2.14 bits per heavy atom. The Kier molecular flexibility index (Phi) is 5.72. The van der Waals surface area contributed by atoms with E-state index in [0.29, 0.717) is 15.6 Å². The van der Waals surface area contributed by atoms with Gasteiger partial charge >= 0.3 is 0 Å². The number of halogens is 2. The highest BCUT2D eigenvalue weighted by Gasteiger charge is 2.21. The van der Waals surface area contributed by atoms with Crippen LogP contribution in [-0.2, 0) is 6.54 Å². The highest BCUT2D eigenvalue weighted by Crippen LogP contribution is 2.24. The molecule has 3 rings (SSSR count). The van der Waals surface area contributed by atoms with Crippen LogP contribution in [0.1, 0.15) is 27.3 Å². The molecule has 0 aliphatic heterocycles.